The van der Waals surface area contributed by atoms with E-state index in [0.29, 0.717) is 13.0 Å². The summed E-state index contributed by atoms with van der Waals surface area (Å²) in [7, 11) is 1.64. The molecule has 4 nitrogen and oxygen atoms in total. The lowest BCUT2D eigenvalue weighted by molar-refractivity contribution is -0.145. The number of nitrogens with zero attached hydrogens (tertiary/aromatic N) is 1. The zero-order valence-electron chi connectivity index (χ0n) is 14.4. The summed E-state index contributed by atoms with van der Waals surface area (Å²) < 4.78 is 10.3. The summed E-state index contributed by atoms with van der Waals surface area (Å²) in [4.78, 5) is 16.8. The Labute approximate surface area is 143 Å². The summed E-state index contributed by atoms with van der Waals surface area (Å²) in [6.07, 6.45) is 2.46. The SMILES string of the molecule is CCOC(=O)C(CC)c1ccccc1N=Cc1ccc(OC)cc1. The first kappa shape index (κ1) is 17.7. The van der Waals surface area contributed by atoms with E-state index in [9.17, 15) is 4.79 Å². The van der Waals surface area contributed by atoms with Crippen molar-refractivity contribution in [2.24, 2.45) is 4.99 Å². The van der Waals surface area contributed by atoms with Crippen LogP contribution < -0.4 is 4.74 Å². The van der Waals surface area contributed by atoms with Crippen molar-refractivity contribution in [1.29, 1.82) is 0 Å². The van der Waals surface area contributed by atoms with Crippen LogP contribution in [0.25, 0.3) is 0 Å². The van der Waals surface area contributed by atoms with Gasteiger partial charge >= 0.3 is 5.97 Å². The minimum atomic E-state index is -0.297. The van der Waals surface area contributed by atoms with Gasteiger partial charge in [0, 0.05) is 6.21 Å². The van der Waals surface area contributed by atoms with Gasteiger partial charge in [0.05, 0.1) is 25.3 Å². The molecule has 2 rings (SSSR count). The van der Waals surface area contributed by atoms with Crippen LogP contribution in [0.1, 0.15) is 37.3 Å². The zero-order chi connectivity index (χ0) is 17.4. The van der Waals surface area contributed by atoms with E-state index in [1.807, 2.05) is 62.4 Å². The molecule has 0 aliphatic rings. The second-order valence-electron chi connectivity index (χ2n) is 5.30. The molecule has 0 amide bonds. The van der Waals surface area contributed by atoms with Gasteiger partial charge in [-0.2, -0.15) is 0 Å². The number of esters is 1. The summed E-state index contributed by atoms with van der Waals surface area (Å²) in [5.74, 6) is 0.308. The number of hydrogen-bond acceptors (Lipinski definition) is 4. The molecular weight excluding hydrogens is 302 g/mol. The fraction of sp³-hybridized carbons (Fsp3) is 0.300. The predicted molar refractivity (Wildman–Crippen MR) is 96.4 cm³/mol. The molecule has 0 saturated heterocycles. The van der Waals surface area contributed by atoms with E-state index in [2.05, 4.69) is 4.99 Å². The van der Waals surface area contributed by atoms with Gasteiger partial charge in [-0.05, 0) is 54.8 Å². The lowest BCUT2D eigenvalue weighted by Gasteiger charge is -2.15. The Morgan fingerprint density at radius 2 is 1.83 bits per heavy atom. The van der Waals surface area contributed by atoms with Crippen molar-refractivity contribution < 1.29 is 14.3 Å². The van der Waals surface area contributed by atoms with Crippen molar-refractivity contribution in [3.05, 3.63) is 59.7 Å². The maximum atomic E-state index is 12.2. The minimum absolute atomic E-state index is 0.202. The maximum absolute atomic E-state index is 12.2. The monoisotopic (exact) mass is 325 g/mol. The number of carbonyl (C=O) groups is 1. The van der Waals surface area contributed by atoms with Gasteiger partial charge in [-0.1, -0.05) is 25.1 Å². The van der Waals surface area contributed by atoms with Crippen molar-refractivity contribution in [2.75, 3.05) is 13.7 Å². The molecule has 1 unspecified atom stereocenters. The third-order valence-corrected chi connectivity index (χ3v) is 3.76. The largest absolute Gasteiger partial charge is 0.497 e. The summed E-state index contributed by atoms with van der Waals surface area (Å²) in [6.45, 7) is 4.18. The highest BCUT2D eigenvalue weighted by molar-refractivity contribution is 5.84. The number of methoxy groups -OCH3 is 1. The molecule has 0 saturated carbocycles. The van der Waals surface area contributed by atoms with Crippen LogP contribution in [0, 0.1) is 0 Å². The van der Waals surface area contributed by atoms with E-state index in [1.165, 1.54) is 0 Å². The predicted octanol–water partition coefficient (Wildman–Crippen LogP) is 4.50. The average Bonchev–Trinajstić information content (AvgIpc) is 2.62. The maximum Gasteiger partial charge on any atom is 0.313 e. The second-order valence-corrected chi connectivity index (χ2v) is 5.30. The Kier molecular flexibility index (Phi) is 6.55. The van der Waals surface area contributed by atoms with Gasteiger partial charge in [0.15, 0.2) is 0 Å². The summed E-state index contributed by atoms with van der Waals surface area (Å²) in [5, 5.41) is 0. The molecule has 24 heavy (non-hydrogen) atoms. The number of hydrogen-bond donors (Lipinski definition) is 0. The second kappa shape index (κ2) is 8.87. The molecule has 126 valence electrons. The van der Waals surface area contributed by atoms with Gasteiger partial charge in [-0.15, -0.1) is 0 Å². The third-order valence-electron chi connectivity index (χ3n) is 3.76. The number of para-hydroxylation sites is 1. The van der Waals surface area contributed by atoms with E-state index >= 15 is 0 Å². The van der Waals surface area contributed by atoms with Crippen LogP contribution in [-0.4, -0.2) is 25.9 Å². The van der Waals surface area contributed by atoms with Crippen LogP contribution in [0.4, 0.5) is 5.69 Å². The van der Waals surface area contributed by atoms with Crippen molar-refractivity contribution >= 4 is 17.9 Å². The molecule has 2 aromatic rings. The van der Waals surface area contributed by atoms with E-state index in [4.69, 9.17) is 9.47 Å². The Bertz CT molecular complexity index is 692. The first-order chi connectivity index (χ1) is 11.7. The Morgan fingerprint density at radius 1 is 1.12 bits per heavy atom. The Balaban J connectivity index is 2.26. The standard InChI is InChI=1S/C20H23NO3/c1-4-17(20(22)24-5-2)18-8-6-7-9-19(18)21-14-15-10-12-16(23-3)13-11-15/h6-14,17H,4-5H2,1-3H3. The van der Waals surface area contributed by atoms with Gasteiger partial charge < -0.3 is 9.47 Å². The fourth-order valence-electron chi connectivity index (χ4n) is 2.49. The molecule has 0 N–H and O–H groups in total. The highest BCUT2D eigenvalue weighted by Gasteiger charge is 2.22. The van der Waals surface area contributed by atoms with E-state index in [0.717, 1.165) is 22.6 Å². The minimum Gasteiger partial charge on any atom is -0.497 e. The molecule has 0 aliphatic heterocycles. The number of ether oxygens (including phenoxy) is 2. The quantitative estimate of drug-likeness (QED) is 0.556. The summed E-state index contributed by atoms with van der Waals surface area (Å²) in [6, 6.07) is 15.3. The van der Waals surface area contributed by atoms with Crippen LogP contribution in [0.3, 0.4) is 0 Å². The molecule has 0 aromatic heterocycles. The number of rotatable bonds is 7. The topological polar surface area (TPSA) is 47.9 Å². The van der Waals surface area contributed by atoms with E-state index < -0.39 is 0 Å². The number of benzene rings is 2. The molecule has 0 aliphatic carbocycles. The van der Waals surface area contributed by atoms with Gasteiger partial charge in [0.2, 0.25) is 0 Å². The zero-order valence-corrected chi connectivity index (χ0v) is 14.4. The lowest BCUT2D eigenvalue weighted by atomic mass is 9.95. The van der Waals surface area contributed by atoms with Crippen LogP contribution in [0.2, 0.25) is 0 Å². The van der Waals surface area contributed by atoms with E-state index in [-0.39, 0.29) is 11.9 Å². The Hall–Kier alpha value is -2.62. The van der Waals surface area contributed by atoms with Gasteiger partial charge in [0.25, 0.3) is 0 Å². The van der Waals surface area contributed by atoms with Crippen LogP contribution in [-0.2, 0) is 9.53 Å². The van der Waals surface area contributed by atoms with Gasteiger partial charge in [-0.25, -0.2) is 0 Å². The molecule has 0 radical (unpaired) electrons. The molecule has 4 heteroatoms. The Morgan fingerprint density at radius 3 is 2.46 bits per heavy atom. The molecule has 0 heterocycles. The fourth-order valence-corrected chi connectivity index (χ4v) is 2.49. The molecule has 0 spiro atoms. The number of aliphatic imine (C=N–C) groups is 1. The molecule has 0 fully saturated rings. The van der Waals surface area contributed by atoms with Crippen molar-refractivity contribution in [3.63, 3.8) is 0 Å². The number of carbonyl (C=O) groups excluding carboxylic acids is 1. The normalized spacial score (nSPS) is 12.1. The average molecular weight is 325 g/mol. The summed E-state index contributed by atoms with van der Waals surface area (Å²) in [5.41, 5.74) is 2.64. The van der Waals surface area contributed by atoms with Gasteiger partial charge in [-0.3, -0.25) is 9.79 Å². The summed E-state index contributed by atoms with van der Waals surface area (Å²) >= 11 is 0. The first-order valence-electron chi connectivity index (χ1n) is 8.13. The molecule has 2 aromatic carbocycles. The molecule has 1 atom stereocenters. The van der Waals surface area contributed by atoms with Crippen LogP contribution in [0.15, 0.2) is 53.5 Å². The van der Waals surface area contributed by atoms with Crippen molar-refractivity contribution in [3.8, 4) is 5.75 Å². The van der Waals surface area contributed by atoms with Gasteiger partial charge in [0.1, 0.15) is 5.75 Å². The smallest absolute Gasteiger partial charge is 0.313 e. The molecular formula is C20H23NO3. The van der Waals surface area contributed by atoms with Crippen molar-refractivity contribution in [2.45, 2.75) is 26.2 Å². The van der Waals surface area contributed by atoms with E-state index in [1.54, 1.807) is 13.3 Å². The van der Waals surface area contributed by atoms with Crippen LogP contribution in [0.5, 0.6) is 5.75 Å². The molecule has 0 bridgehead atoms. The highest BCUT2D eigenvalue weighted by Crippen LogP contribution is 2.30. The highest BCUT2D eigenvalue weighted by atomic mass is 16.5. The first-order valence-corrected chi connectivity index (χ1v) is 8.13. The van der Waals surface area contributed by atoms with Crippen LogP contribution >= 0.6 is 0 Å². The lowest BCUT2D eigenvalue weighted by Crippen LogP contribution is -2.15. The van der Waals surface area contributed by atoms with Crippen molar-refractivity contribution in [1.82, 2.24) is 0 Å². The third kappa shape index (κ3) is 4.44.